The lowest BCUT2D eigenvalue weighted by Crippen LogP contribution is -2.05. The summed E-state index contributed by atoms with van der Waals surface area (Å²) >= 11 is 0. The highest BCUT2D eigenvalue weighted by molar-refractivity contribution is 5.75. The van der Waals surface area contributed by atoms with Crippen LogP contribution in [0, 0.1) is 0 Å². The van der Waals surface area contributed by atoms with Crippen molar-refractivity contribution in [1.82, 2.24) is 14.8 Å². The number of nitrogens with one attached hydrogen (secondary N) is 1. The van der Waals surface area contributed by atoms with Gasteiger partial charge < -0.3 is 10.1 Å². The lowest BCUT2D eigenvalue weighted by Gasteiger charge is -1.97. The lowest BCUT2D eigenvalue weighted by molar-refractivity contribution is -0.137. The second-order valence-corrected chi connectivity index (χ2v) is 2.79. The van der Waals surface area contributed by atoms with Crippen LogP contribution in [0.5, 0.6) is 0 Å². The van der Waals surface area contributed by atoms with E-state index in [4.69, 9.17) is 5.11 Å². The molecule has 0 amide bonds. The first-order valence-electron chi connectivity index (χ1n) is 3.98. The first-order valence-corrected chi connectivity index (χ1v) is 3.98. The van der Waals surface area contributed by atoms with Gasteiger partial charge in [0.15, 0.2) is 0 Å². The number of fused-ring (bicyclic) bond motifs is 1. The van der Waals surface area contributed by atoms with Crippen LogP contribution in [0.2, 0.25) is 0 Å². The van der Waals surface area contributed by atoms with E-state index in [0.717, 1.165) is 11.0 Å². The average Bonchev–Trinajstić information content (AvgIpc) is 2.60. The van der Waals surface area contributed by atoms with Crippen LogP contribution in [0.1, 0.15) is 6.42 Å². The van der Waals surface area contributed by atoms with Crippen molar-refractivity contribution in [2.24, 2.45) is 0 Å². The van der Waals surface area contributed by atoms with E-state index >= 15 is 0 Å². The normalized spacial score (nSPS) is 10.8. The second-order valence-electron chi connectivity index (χ2n) is 2.79. The SMILES string of the molecule is O=C(O)CCn1ncc2cc[nH]c21. The summed E-state index contributed by atoms with van der Waals surface area (Å²) in [6.45, 7) is 0.402. The van der Waals surface area contributed by atoms with Gasteiger partial charge in [0.25, 0.3) is 0 Å². The van der Waals surface area contributed by atoms with E-state index in [-0.39, 0.29) is 6.42 Å². The van der Waals surface area contributed by atoms with Gasteiger partial charge in [-0.2, -0.15) is 5.10 Å². The van der Waals surface area contributed by atoms with Crippen LogP contribution in [0.15, 0.2) is 18.5 Å². The van der Waals surface area contributed by atoms with E-state index in [1.165, 1.54) is 0 Å². The maximum absolute atomic E-state index is 10.3. The molecule has 2 aromatic rings. The molecule has 0 unspecified atom stereocenters. The third-order valence-electron chi connectivity index (χ3n) is 1.89. The van der Waals surface area contributed by atoms with Crippen molar-refractivity contribution in [2.45, 2.75) is 13.0 Å². The molecule has 0 fully saturated rings. The van der Waals surface area contributed by atoms with Gasteiger partial charge in [0.1, 0.15) is 5.65 Å². The third-order valence-corrected chi connectivity index (χ3v) is 1.89. The van der Waals surface area contributed by atoms with Crippen LogP contribution in [-0.2, 0) is 11.3 Å². The van der Waals surface area contributed by atoms with Crippen LogP contribution in [0.3, 0.4) is 0 Å². The molecule has 2 aromatic heterocycles. The highest BCUT2D eigenvalue weighted by Crippen LogP contribution is 2.10. The van der Waals surface area contributed by atoms with Gasteiger partial charge in [-0.15, -0.1) is 0 Å². The Labute approximate surface area is 74.0 Å². The molecule has 0 atom stereocenters. The lowest BCUT2D eigenvalue weighted by atomic mass is 10.4. The van der Waals surface area contributed by atoms with Crippen molar-refractivity contribution in [3.05, 3.63) is 18.5 Å². The predicted octanol–water partition coefficient (Wildman–Crippen LogP) is 0.839. The Morgan fingerprint density at radius 2 is 2.54 bits per heavy atom. The molecule has 0 aliphatic heterocycles. The molecule has 0 aliphatic rings. The summed E-state index contributed by atoms with van der Waals surface area (Å²) in [5, 5.41) is 13.5. The van der Waals surface area contributed by atoms with Gasteiger partial charge in [0, 0.05) is 11.6 Å². The standard InChI is InChI=1S/C8H9N3O2/c12-7(13)2-4-11-8-6(5-10-11)1-3-9-8/h1,3,5,9H,2,4H2,(H,12,13). The minimum atomic E-state index is -0.810. The summed E-state index contributed by atoms with van der Waals surface area (Å²) in [4.78, 5) is 13.3. The molecule has 68 valence electrons. The van der Waals surface area contributed by atoms with Crippen LogP contribution in [0.25, 0.3) is 11.0 Å². The summed E-state index contributed by atoms with van der Waals surface area (Å²) < 4.78 is 1.66. The Morgan fingerprint density at radius 3 is 3.31 bits per heavy atom. The number of aromatic nitrogens is 3. The van der Waals surface area contributed by atoms with Gasteiger partial charge in [-0.3, -0.25) is 4.79 Å². The molecule has 2 rings (SSSR count). The number of rotatable bonds is 3. The molecule has 0 radical (unpaired) electrons. The molecule has 0 aliphatic carbocycles. The van der Waals surface area contributed by atoms with Crippen molar-refractivity contribution >= 4 is 17.0 Å². The zero-order valence-electron chi connectivity index (χ0n) is 6.90. The molecule has 0 bridgehead atoms. The van der Waals surface area contributed by atoms with Crippen LogP contribution < -0.4 is 0 Å². The Bertz CT molecular complexity index is 429. The smallest absolute Gasteiger partial charge is 0.305 e. The highest BCUT2D eigenvalue weighted by atomic mass is 16.4. The highest BCUT2D eigenvalue weighted by Gasteiger charge is 2.04. The van der Waals surface area contributed by atoms with E-state index in [1.54, 1.807) is 10.9 Å². The Hall–Kier alpha value is -1.78. The van der Waals surface area contributed by atoms with Crippen LogP contribution in [0.4, 0.5) is 0 Å². The number of hydrogen-bond acceptors (Lipinski definition) is 2. The van der Waals surface area contributed by atoms with Gasteiger partial charge in [0.2, 0.25) is 0 Å². The maximum Gasteiger partial charge on any atom is 0.305 e. The number of aliphatic carboxylic acids is 1. The molecule has 5 nitrogen and oxygen atoms in total. The second kappa shape index (κ2) is 2.93. The predicted molar refractivity (Wildman–Crippen MR) is 46.3 cm³/mol. The Balaban J connectivity index is 2.23. The molecule has 5 heteroatoms. The molecule has 0 aromatic carbocycles. The molecular weight excluding hydrogens is 170 g/mol. The molecule has 13 heavy (non-hydrogen) atoms. The minimum absolute atomic E-state index is 0.0931. The van der Waals surface area contributed by atoms with Gasteiger partial charge >= 0.3 is 5.97 Å². The first-order chi connectivity index (χ1) is 6.27. The van der Waals surface area contributed by atoms with Crippen molar-refractivity contribution in [3.8, 4) is 0 Å². The quantitative estimate of drug-likeness (QED) is 0.733. The molecule has 2 heterocycles. The molecule has 2 N–H and O–H groups in total. The fourth-order valence-corrected chi connectivity index (χ4v) is 1.26. The fourth-order valence-electron chi connectivity index (χ4n) is 1.26. The monoisotopic (exact) mass is 179 g/mol. The summed E-state index contributed by atoms with van der Waals surface area (Å²) in [7, 11) is 0. The van der Waals surface area contributed by atoms with Crippen molar-refractivity contribution in [2.75, 3.05) is 0 Å². The van der Waals surface area contributed by atoms with Gasteiger partial charge in [-0.05, 0) is 6.07 Å². The Morgan fingerprint density at radius 1 is 1.69 bits per heavy atom. The van der Waals surface area contributed by atoms with Gasteiger partial charge in [-0.1, -0.05) is 0 Å². The largest absolute Gasteiger partial charge is 0.481 e. The number of aromatic amines is 1. The topological polar surface area (TPSA) is 70.9 Å². The summed E-state index contributed by atoms with van der Waals surface area (Å²) in [5.41, 5.74) is 0.876. The Kier molecular flexibility index (Phi) is 1.77. The molecule has 0 saturated carbocycles. The number of carboxylic acids is 1. The summed E-state index contributed by atoms with van der Waals surface area (Å²) in [5.74, 6) is -0.810. The number of nitrogens with zero attached hydrogens (tertiary/aromatic N) is 2. The van der Waals surface area contributed by atoms with E-state index < -0.39 is 5.97 Å². The zero-order chi connectivity index (χ0) is 9.26. The van der Waals surface area contributed by atoms with Crippen molar-refractivity contribution in [1.29, 1.82) is 0 Å². The number of carboxylic acid groups (broad SMARTS) is 1. The number of aryl methyl sites for hydroxylation is 1. The van der Waals surface area contributed by atoms with E-state index in [1.807, 2.05) is 12.3 Å². The molecule has 0 saturated heterocycles. The third kappa shape index (κ3) is 1.40. The minimum Gasteiger partial charge on any atom is -0.481 e. The van der Waals surface area contributed by atoms with E-state index in [2.05, 4.69) is 10.1 Å². The number of H-pyrrole nitrogens is 1. The molecular formula is C8H9N3O2. The van der Waals surface area contributed by atoms with Crippen molar-refractivity contribution in [3.63, 3.8) is 0 Å². The van der Waals surface area contributed by atoms with Crippen molar-refractivity contribution < 1.29 is 9.90 Å². The fraction of sp³-hybridized carbons (Fsp3) is 0.250. The summed E-state index contributed by atoms with van der Waals surface area (Å²) in [6, 6.07) is 1.90. The van der Waals surface area contributed by atoms with Gasteiger partial charge in [0.05, 0.1) is 19.2 Å². The number of hydrogen-bond donors (Lipinski definition) is 2. The van der Waals surface area contributed by atoms with Crippen LogP contribution >= 0.6 is 0 Å². The first kappa shape index (κ1) is 7.85. The van der Waals surface area contributed by atoms with Crippen LogP contribution in [-0.4, -0.2) is 25.8 Å². The molecule has 0 spiro atoms. The maximum atomic E-state index is 10.3. The zero-order valence-corrected chi connectivity index (χ0v) is 6.90. The van der Waals surface area contributed by atoms with Gasteiger partial charge in [-0.25, -0.2) is 4.68 Å². The van der Waals surface area contributed by atoms with E-state index in [0.29, 0.717) is 6.54 Å². The summed E-state index contributed by atoms with van der Waals surface area (Å²) in [6.07, 6.45) is 3.62. The van der Waals surface area contributed by atoms with E-state index in [9.17, 15) is 4.79 Å². The number of carbonyl (C=O) groups is 1. The average molecular weight is 179 g/mol.